The smallest absolute Gasteiger partial charge is 0.133 e. The summed E-state index contributed by atoms with van der Waals surface area (Å²) in [6, 6.07) is 12.2. The van der Waals surface area contributed by atoms with E-state index in [-0.39, 0.29) is 0 Å². The fourth-order valence-electron chi connectivity index (χ4n) is 1.89. The van der Waals surface area contributed by atoms with Crippen LogP contribution in [0.1, 0.15) is 25.0 Å². The van der Waals surface area contributed by atoms with E-state index in [1.165, 1.54) is 0 Å². The van der Waals surface area contributed by atoms with Crippen molar-refractivity contribution >= 4 is 27.5 Å². The molecule has 2 aromatic rings. The van der Waals surface area contributed by atoms with E-state index in [2.05, 4.69) is 41.2 Å². The van der Waals surface area contributed by atoms with Crippen LogP contribution in [-0.4, -0.2) is 6.04 Å². The van der Waals surface area contributed by atoms with E-state index in [9.17, 15) is 0 Å². The first-order valence-electron chi connectivity index (χ1n) is 6.91. The van der Waals surface area contributed by atoms with E-state index in [0.29, 0.717) is 11.1 Å². The standard InChI is InChI=1S/C17H19BrClNO/c1-11(2)20-10-13-5-6-14(18)8-17(13)21-16-9-15(19)7-4-12(16)3/h4-9,11,20H,10H2,1-3H3. The van der Waals surface area contributed by atoms with Crippen LogP contribution in [0.15, 0.2) is 40.9 Å². The molecule has 21 heavy (non-hydrogen) atoms. The number of ether oxygens (including phenoxy) is 1. The van der Waals surface area contributed by atoms with Gasteiger partial charge in [0.2, 0.25) is 0 Å². The molecule has 0 aliphatic rings. The van der Waals surface area contributed by atoms with E-state index in [0.717, 1.165) is 33.6 Å². The summed E-state index contributed by atoms with van der Waals surface area (Å²) < 4.78 is 7.07. The topological polar surface area (TPSA) is 21.3 Å². The summed E-state index contributed by atoms with van der Waals surface area (Å²) in [5.74, 6) is 1.62. The maximum Gasteiger partial charge on any atom is 0.133 e. The summed E-state index contributed by atoms with van der Waals surface area (Å²) in [6.07, 6.45) is 0. The highest BCUT2D eigenvalue weighted by Crippen LogP contribution is 2.32. The van der Waals surface area contributed by atoms with Crippen LogP contribution in [0.2, 0.25) is 5.02 Å². The van der Waals surface area contributed by atoms with Gasteiger partial charge in [-0.15, -0.1) is 0 Å². The average Bonchev–Trinajstić information content (AvgIpc) is 2.42. The highest BCUT2D eigenvalue weighted by Gasteiger charge is 2.09. The minimum Gasteiger partial charge on any atom is -0.457 e. The van der Waals surface area contributed by atoms with Crippen LogP contribution < -0.4 is 10.1 Å². The molecule has 0 aromatic heterocycles. The van der Waals surface area contributed by atoms with Crippen molar-refractivity contribution in [3.63, 3.8) is 0 Å². The SMILES string of the molecule is Cc1ccc(Cl)cc1Oc1cc(Br)ccc1CNC(C)C. The zero-order valence-electron chi connectivity index (χ0n) is 12.4. The van der Waals surface area contributed by atoms with Gasteiger partial charge in [0, 0.05) is 27.6 Å². The van der Waals surface area contributed by atoms with E-state index >= 15 is 0 Å². The van der Waals surface area contributed by atoms with Crippen molar-refractivity contribution in [3.8, 4) is 11.5 Å². The maximum absolute atomic E-state index is 6.08. The Morgan fingerprint density at radius 3 is 2.62 bits per heavy atom. The second-order valence-corrected chi connectivity index (χ2v) is 6.65. The maximum atomic E-state index is 6.08. The van der Waals surface area contributed by atoms with Crippen LogP contribution in [-0.2, 0) is 6.54 Å². The Labute approximate surface area is 139 Å². The van der Waals surface area contributed by atoms with Gasteiger partial charge in [-0.05, 0) is 36.8 Å². The molecule has 0 heterocycles. The number of halogens is 2. The van der Waals surface area contributed by atoms with Gasteiger partial charge in [-0.3, -0.25) is 0 Å². The first-order valence-corrected chi connectivity index (χ1v) is 8.08. The van der Waals surface area contributed by atoms with E-state index < -0.39 is 0 Å². The lowest BCUT2D eigenvalue weighted by Gasteiger charge is -2.15. The quantitative estimate of drug-likeness (QED) is 0.730. The zero-order chi connectivity index (χ0) is 15.4. The van der Waals surface area contributed by atoms with Gasteiger partial charge >= 0.3 is 0 Å². The molecular weight excluding hydrogens is 350 g/mol. The zero-order valence-corrected chi connectivity index (χ0v) is 14.8. The van der Waals surface area contributed by atoms with Gasteiger partial charge in [-0.25, -0.2) is 0 Å². The molecule has 1 N–H and O–H groups in total. The van der Waals surface area contributed by atoms with Crippen molar-refractivity contribution in [2.24, 2.45) is 0 Å². The van der Waals surface area contributed by atoms with Crippen LogP contribution in [0.5, 0.6) is 11.5 Å². The third-order valence-electron chi connectivity index (χ3n) is 3.10. The molecule has 0 aliphatic heterocycles. The second-order valence-electron chi connectivity index (χ2n) is 5.30. The highest BCUT2D eigenvalue weighted by atomic mass is 79.9. The Kier molecular flexibility index (Phi) is 5.68. The van der Waals surface area contributed by atoms with Crippen molar-refractivity contribution in [3.05, 3.63) is 57.0 Å². The molecule has 0 saturated heterocycles. The van der Waals surface area contributed by atoms with E-state index in [4.69, 9.17) is 16.3 Å². The molecule has 0 amide bonds. The van der Waals surface area contributed by atoms with Crippen molar-refractivity contribution in [1.29, 1.82) is 0 Å². The summed E-state index contributed by atoms with van der Waals surface area (Å²) in [4.78, 5) is 0. The van der Waals surface area contributed by atoms with Crippen LogP contribution in [0, 0.1) is 6.92 Å². The van der Waals surface area contributed by atoms with Gasteiger partial charge in [0.15, 0.2) is 0 Å². The van der Waals surface area contributed by atoms with Gasteiger partial charge in [0.25, 0.3) is 0 Å². The fourth-order valence-corrected chi connectivity index (χ4v) is 2.39. The molecule has 2 nitrogen and oxygen atoms in total. The Balaban J connectivity index is 2.29. The van der Waals surface area contributed by atoms with Gasteiger partial charge in [-0.2, -0.15) is 0 Å². The summed E-state index contributed by atoms with van der Waals surface area (Å²) in [5.41, 5.74) is 2.17. The molecule has 0 spiro atoms. The van der Waals surface area contributed by atoms with Crippen LogP contribution in [0.25, 0.3) is 0 Å². The first kappa shape index (κ1) is 16.3. The molecule has 112 valence electrons. The fraction of sp³-hybridized carbons (Fsp3) is 0.294. The van der Waals surface area contributed by atoms with Gasteiger partial charge < -0.3 is 10.1 Å². The summed E-state index contributed by atoms with van der Waals surface area (Å²) in [6.45, 7) is 7.02. The average molecular weight is 369 g/mol. The number of nitrogens with one attached hydrogen (secondary N) is 1. The van der Waals surface area contributed by atoms with Gasteiger partial charge in [0.1, 0.15) is 11.5 Å². The molecular formula is C17H19BrClNO. The molecule has 0 saturated carbocycles. The van der Waals surface area contributed by atoms with Crippen LogP contribution in [0.4, 0.5) is 0 Å². The Hall–Kier alpha value is -1.03. The number of hydrogen-bond acceptors (Lipinski definition) is 2. The van der Waals surface area contributed by atoms with Gasteiger partial charge in [-0.1, -0.05) is 53.5 Å². The molecule has 0 fully saturated rings. The van der Waals surface area contributed by atoms with Crippen molar-refractivity contribution in [2.45, 2.75) is 33.4 Å². The second kappa shape index (κ2) is 7.30. The molecule has 0 aliphatic carbocycles. The molecule has 0 unspecified atom stereocenters. The Bertz CT molecular complexity index is 628. The lowest BCUT2D eigenvalue weighted by atomic mass is 10.2. The predicted octanol–water partition coefficient (Wildman–Crippen LogP) is 5.70. The molecule has 4 heteroatoms. The largest absolute Gasteiger partial charge is 0.457 e. The molecule has 0 bridgehead atoms. The van der Waals surface area contributed by atoms with E-state index in [1.54, 1.807) is 0 Å². The lowest BCUT2D eigenvalue weighted by Crippen LogP contribution is -2.22. The van der Waals surface area contributed by atoms with Crippen LogP contribution in [0.3, 0.4) is 0 Å². The molecule has 0 radical (unpaired) electrons. The third kappa shape index (κ3) is 4.73. The van der Waals surface area contributed by atoms with Gasteiger partial charge in [0.05, 0.1) is 0 Å². The normalized spacial score (nSPS) is 11.0. The number of rotatable bonds is 5. The first-order chi connectivity index (χ1) is 9.95. The van der Waals surface area contributed by atoms with Crippen molar-refractivity contribution < 1.29 is 4.74 Å². The van der Waals surface area contributed by atoms with E-state index in [1.807, 2.05) is 37.3 Å². The summed E-state index contributed by atoms with van der Waals surface area (Å²) in [5, 5.41) is 4.09. The lowest BCUT2D eigenvalue weighted by molar-refractivity contribution is 0.466. The summed E-state index contributed by atoms with van der Waals surface area (Å²) >= 11 is 9.55. The van der Waals surface area contributed by atoms with Crippen molar-refractivity contribution in [2.75, 3.05) is 0 Å². The number of aryl methyl sites for hydroxylation is 1. The molecule has 0 atom stereocenters. The molecule has 2 aromatic carbocycles. The monoisotopic (exact) mass is 367 g/mol. The number of hydrogen-bond donors (Lipinski definition) is 1. The van der Waals surface area contributed by atoms with Crippen molar-refractivity contribution in [1.82, 2.24) is 5.32 Å². The minimum absolute atomic E-state index is 0.425. The number of benzene rings is 2. The summed E-state index contributed by atoms with van der Waals surface area (Å²) in [7, 11) is 0. The third-order valence-corrected chi connectivity index (χ3v) is 3.83. The Morgan fingerprint density at radius 1 is 1.14 bits per heavy atom. The van der Waals surface area contributed by atoms with Crippen LogP contribution >= 0.6 is 27.5 Å². The molecule has 2 rings (SSSR count). The highest BCUT2D eigenvalue weighted by molar-refractivity contribution is 9.10. The Morgan fingerprint density at radius 2 is 1.90 bits per heavy atom. The minimum atomic E-state index is 0.425. The predicted molar refractivity (Wildman–Crippen MR) is 92.4 cm³/mol.